The Morgan fingerprint density at radius 2 is 2.07 bits per heavy atom. The van der Waals surface area contributed by atoms with Gasteiger partial charge in [0.2, 0.25) is 0 Å². The number of benzene rings is 1. The molecular formula is C21H25N3O5S. The zero-order chi connectivity index (χ0) is 21.3. The van der Waals surface area contributed by atoms with Gasteiger partial charge in [-0.1, -0.05) is 6.07 Å². The number of carbonyl (C=O) groups is 2. The molecule has 160 valence electrons. The molecule has 0 spiro atoms. The SMILES string of the molecule is CCOC(=O)N1CCc2c(sc3c2C(=O)N[C@@H](c2ccc(OCC)c(OC)c2)N3)C1. The molecule has 0 aliphatic carbocycles. The third-order valence-corrected chi connectivity index (χ3v) is 6.33. The summed E-state index contributed by atoms with van der Waals surface area (Å²) >= 11 is 1.52. The standard InChI is InChI=1S/C21H25N3O5S/c1-4-28-14-7-6-12(10-15(14)27-3)18-22-19(25)17-13-8-9-24(21(26)29-5-2)11-16(13)30-20(17)23-18/h6-7,10,18,23H,4-5,8-9,11H2,1-3H3,(H,22,25)/t18-/m1/s1. The van der Waals surface area contributed by atoms with E-state index in [4.69, 9.17) is 14.2 Å². The Hall–Kier alpha value is -2.94. The summed E-state index contributed by atoms with van der Waals surface area (Å²) in [5.41, 5.74) is 2.57. The van der Waals surface area contributed by atoms with Crippen molar-refractivity contribution in [2.45, 2.75) is 33.0 Å². The first-order valence-electron chi connectivity index (χ1n) is 10.00. The quantitative estimate of drug-likeness (QED) is 0.753. The number of fused-ring (bicyclic) bond motifs is 3. The summed E-state index contributed by atoms with van der Waals surface area (Å²) in [6, 6.07) is 5.62. The Morgan fingerprint density at radius 3 is 2.80 bits per heavy atom. The van der Waals surface area contributed by atoms with Gasteiger partial charge in [-0.15, -0.1) is 11.3 Å². The maximum Gasteiger partial charge on any atom is 0.410 e. The molecule has 1 atom stereocenters. The van der Waals surface area contributed by atoms with Crippen LogP contribution in [0, 0.1) is 0 Å². The number of ether oxygens (including phenoxy) is 3. The van der Waals surface area contributed by atoms with Crippen molar-refractivity contribution in [2.75, 3.05) is 32.2 Å². The van der Waals surface area contributed by atoms with Crippen molar-refractivity contribution in [3.05, 3.63) is 39.8 Å². The van der Waals surface area contributed by atoms with Gasteiger partial charge in [0.05, 0.1) is 32.4 Å². The van der Waals surface area contributed by atoms with Gasteiger partial charge in [0.25, 0.3) is 5.91 Å². The monoisotopic (exact) mass is 431 g/mol. The number of nitrogens with zero attached hydrogens (tertiary/aromatic N) is 1. The number of thiophene rings is 1. The zero-order valence-corrected chi connectivity index (χ0v) is 18.1. The summed E-state index contributed by atoms with van der Waals surface area (Å²) in [5.74, 6) is 1.17. The molecule has 9 heteroatoms. The highest BCUT2D eigenvalue weighted by Gasteiger charge is 2.34. The van der Waals surface area contributed by atoms with E-state index >= 15 is 0 Å². The lowest BCUT2D eigenvalue weighted by atomic mass is 10.0. The lowest BCUT2D eigenvalue weighted by molar-refractivity contribution is 0.0934. The first-order valence-corrected chi connectivity index (χ1v) is 10.8. The molecule has 1 aromatic heterocycles. The summed E-state index contributed by atoms with van der Waals surface area (Å²) in [6.45, 7) is 5.60. The molecule has 2 aliphatic rings. The van der Waals surface area contributed by atoms with Crippen LogP contribution in [0.4, 0.5) is 9.80 Å². The van der Waals surface area contributed by atoms with Gasteiger partial charge in [-0.2, -0.15) is 0 Å². The Morgan fingerprint density at radius 1 is 1.23 bits per heavy atom. The van der Waals surface area contributed by atoms with Crippen molar-refractivity contribution in [3.63, 3.8) is 0 Å². The molecule has 0 saturated heterocycles. The minimum atomic E-state index is -0.379. The minimum Gasteiger partial charge on any atom is -0.493 e. The summed E-state index contributed by atoms with van der Waals surface area (Å²) in [7, 11) is 1.59. The number of hydrogen-bond donors (Lipinski definition) is 2. The van der Waals surface area contributed by atoms with Crippen molar-refractivity contribution in [3.8, 4) is 11.5 Å². The van der Waals surface area contributed by atoms with E-state index in [1.54, 1.807) is 18.9 Å². The lowest BCUT2D eigenvalue weighted by Gasteiger charge is -2.28. The van der Waals surface area contributed by atoms with Crippen molar-refractivity contribution in [1.82, 2.24) is 10.2 Å². The number of methoxy groups -OCH3 is 1. The van der Waals surface area contributed by atoms with Crippen LogP contribution in [0.3, 0.4) is 0 Å². The van der Waals surface area contributed by atoms with Crippen LogP contribution >= 0.6 is 11.3 Å². The van der Waals surface area contributed by atoms with Crippen molar-refractivity contribution < 1.29 is 23.8 Å². The van der Waals surface area contributed by atoms with Crippen LogP contribution in [0.1, 0.15) is 46.4 Å². The van der Waals surface area contributed by atoms with E-state index in [0.717, 1.165) is 21.0 Å². The fourth-order valence-corrected chi connectivity index (χ4v) is 5.08. The number of hydrogen-bond acceptors (Lipinski definition) is 7. The molecule has 3 heterocycles. The van der Waals surface area contributed by atoms with Crippen LogP contribution < -0.4 is 20.1 Å². The van der Waals surface area contributed by atoms with Crippen LogP contribution in [0.2, 0.25) is 0 Å². The van der Waals surface area contributed by atoms with Crippen LogP contribution in [0.5, 0.6) is 11.5 Å². The second-order valence-corrected chi connectivity index (χ2v) is 8.08. The molecule has 2 amide bonds. The molecule has 0 saturated carbocycles. The second kappa shape index (κ2) is 8.43. The van der Waals surface area contributed by atoms with Crippen molar-refractivity contribution in [1.29, 1.82) is 0 Å². The topological polar surface area (TPSA) is 89.1 Å². The Bertz CT molecular complexity index is 974. The molecule has 0 fully saturated rings. The minimum absolute atomic E-state index is 0.108. The molecule has 2 aliphatic heterocycles. The first-order chi connectivity index (χ1) is 14.5. The Kier molecular flexibility index (Phi) is 5.72. The third-order valence-electron chi connectivity index (χ3n) is 5.18. The number of anilines is 1. The smallest absolute Gasteiger partial charge is 0.410 e. The number of amides is 2. The van der Waals surface area contributed by atoms with Gasteiger partial charge >= 0.3 is 6.09 Å². The number of carbonyl (C=O) groups excluding carboxylic acids is 2. The first kappa shape index (κ1) is 20.3. The summed E-state index contributed by atoms with van der Waals surface area (Å²) in [4.78, 5) is 27.7. The predicted octanol–water partition coefficient (Wildman–Crippen LogP) is 3.52. The molecular weight excluding hydrogens is 406 g/mol. The average Bonchev–Trinajstić information content (AvgIpc) is 3.12. The Labute approximate surface area is 179 Å². The van der Waals surface area contributed by atoms with E-state index in [9.17, 15) is 9.59 Å². The Balaban J connectivity index is 1.58. The highest BCUT2D eigenvalue weighted by molar-refractivity contribution is 7.16. The van der Waals surface area contributed by atoms with Gasteiger partial charge in [0.15, 0.2) is 11.5 Å². The number of rotatable bonds is 5. The molecule has 2 aromatic rings. The van der Waals surface area contributed by atoms with E-state index in [2.05, 4.69) is 10.6 Å². The van der Waals surface area contributed by atoms with Crippen LogP contribution in [0.25, 0.3) is 0 Å². The van der Waals surface area contributed by atoms with Gasteiger partial charge < -0.3 is 29.7 Å². The van der Waals surface area contributed by atoms with Crippen LogP contribution in [-0.4, -0.2) is 43.8 Å². The van der Waals surface area contributed by atoms with Gasteiger partial charge in [0.1, 0.15) is 11.2 Å². The highest BCUT2D eigenvalue weighted by Crippen LogP contribution is 2.41. The molecule has 0 bridgehead atoms. The van der Waals surface area contributed by atoms with E-state index in [1.807, 2.05) is 25.1 Å². The summed E-state index contributed by atoms with van der Waals surface area (Å²) in [5, 5.41) is 7.29. The van der Waals surface area contributed by atoms with E-state index in [-0.39, 0.29) is 18.2 Å². The molecule has 30 heavy (non-hydrogen) atoms. The largest absolute Gasteiger partial charge is 0.493 e. The summed E-state index contributed by atoms with van der Waals surface area (Å²) < 4.78 is 16.1. The fraction of sp³-hybridized carbons (Fsp3) is 0.429. The molecule has 0 radical (unpaired) electrons. The molecule has 1 aromatic carbocycles. The van der Waals surface area contributed by atoms with Gasteiger partial charge in [-0.05, 0) is 43.5 Å². The van der Waals surface area contributed by atoms with Crippen molar-refractivity contribution in [2.24, 2.45) is 0 Å². The maximum atomic E-state index is 12.9. The predicted molar refractivity (Wildman–Crippen MR) is 113 cm³/mol. The third kappa shape index (κ3) is 3.65. The number of nitrogens with one attached hydrogen (secondary N) is 2. The molecule has 0 unspecified atom stereocenters. The van der Waals surface area contributed by atoms with Gasteiger partial charge in [0, 0.05) is 11.4 Å². The van der Waals surface area contributed by atoms with Crippen LogP contribution in [-0.2, 0) is 17.7 Å². The summed E-state index contributed by atoms with van der Waals surface area (Å²) in [6.07, 6.45) is -0.0569. The van der Waals surface area contributed by atoms with Crippen molar-refractivity contribution >= 4 is 28.3 Å². The normalized spacial score (nSPS) is 17.4. The maximum absolute atomic E-state index is 12.9. The van der Waals surface area contributed by atoms with E-state index < -0.39 is 0 Å². The second-order valence-electron chi connectivity index (χ2n) is 6.97. The zero-order valence-electron chi connectivity index (χ0n) is 17.2. The van der Waals surface area contributed by atoms with E-state index in [0.29, 0.717) is 49.8 Å². The lowest BCUT2D eigenvalue weighted by Crippen LogP contribution is -2.39. The van der Waals surface area contributed by atoms with E-state index in [1.165, 1.54) is 11.3 Å². The molecule has 8 nitrogen and oxygen atoms in total. The highest BCUT2D eigenvalue weighted by atomic mass is 32.1. The molecule has 4 rings (SSSR count). The van der Waals surface area contributed by atoms with Crippen LogP contribution in [0.15, 0.2) is 18.2 Å². The van der Waals surface area contributed by atoms with Gasteiger partial charge in [-0.3, -0.25) is 4.79 Å². The average molecular weight is 432 g/mol. The fourth-order valence-electron chi connectivity index (χ4n) is 3.79. The molecule has 2 N–H and O–H groups in total. The van der Waals surface area contributed by atoms with Gasteiger partial charge in [-0.25, -0.2) is 4.79 Å².